The summed E-state index contributed by atoms with van der Waals surface area (Å²) < 4.78 is 12.7. The van der Waals surface area contributed by atoms with Gasteiger partial charge < -0.3 is 9.47 Å². The predicted octanol–water partition coefficient (Wildman–Crippen LogP) is 7.14. The van der Waals surface area contributed by atoms with Gasteiger partial charge in [0.2, 0.25) is 0 Å². The van der Waals surface area contributed by atoms with Gasteiger partial charge >= 0.3 is 0 Å². The minimum absolute atomic E-state index is 0. The molecular weight excluding hydrogens is 438 g/mol. The SMILES string of the molecule is COc1ccc2c(-c3ccc(OCCN4CCCC4)cc3)c(-c3ccccc3)sc2c1.Cl. The molecule has 166 valence electrons. The van der Waals surface area contributed by atoms with E-state index in [-0.39, 0.29) is 12.4 Å². The summed E-state index contributed by atoms with van der Waals surface area (Å²) in [7, 11) is 1.72. The number of hydrogen-bond acceptors (Lipinski definition) is 4. The van der Waals surface area contributed by atoms with Crippen LogP contribution in [0.4, 0.5) is 0 Å². The lowest BCUT2D eigenvalue weighted by Crippen LogP contribution is -2.25. The normalized spacial score (nSPS) is 13.8. The van der Waals surface area contributed by atoms with Crippen molar-refractivity contribution in [3.05, 3.63) is 72.8 Å². The molecule has 5 heteroatoms. The standard InChI is InChI=1S/C27H27NO2S.ClH/c1-29-23-13-14-24-25(19-23)31-27(21-7-3-2-4-8-21)26(24)20-9-11-22(12-10-20)30-18-17-28-15-5-6-16-28;/h2-4,7-14,19H,5-6,15-18H2,1H3;1H. The van der Waals surface area contributed by atoms with Crippen molar-refractivity contribution in [1.29, 1.82) is 0 Å². The lowest BCUT2D eigenvalue weighted by atomic mass is 9.99. The minimum atomic E-state index is 0. The lowest BCUT2D eigenvalue weighted by molar-refractivity contribution is 0.238. The summed E-state index contributed by atoms with van der Waals surface area (Å²) in [5.74, 6) is 1.83. The van der Waals surface area contributed by atoms with Gasteiger partial charge in [-0.3, -0.25) is 4.90 Å². The van der Waals surface area contributed by atoms with Gasteiger partial charge in [-0.2, -0.15) is 0 Å². The molecule has 32 heavy (non-hydrogen) atoms. The molecule has 0 spiro atoms. The van der Waals surface area contributed by atoms with Gasteiger partial charge in [0.05, 0.1) is 7.11 Å². The molecule has 3 aromatic carbocycles. The second kappa shape index (κ2) is 10.4. The van der Waals surface area contributed by atoms with Crippen LogP contribution in [-0.2, 0) is 0 Å². The molecule has 2 heterocycles. The van der Waals surface area contributed by atoms with Gasteiger partial charge in [0, 0.05) is 27.1 Å². The first-order chi connectivity index (χ1) is 15.3. The minimum Gasteiger partial charge on any atom is -0.497 e. The topological polar surface area (TPSA) is 21.7 Å². The predicted molar refractivity (Wildman–Crippen MR) is 138 cm³/mol. The van der Waals surface area contributed by atoms with E-state index in [0.717, 1.165) is 24.7 Å². The van der Waals surface area contributed by atoms with Crippen LogP contribution in [0.1, 0.15) is 12.8 Å². The van der Waals surface area contributed by atoms with Gasteiger partial charge in [0.25, 0.3) is 0 Å². The Bertz CT molecular complexity index is 1150. The second-order valence-corrected chi connectivity index (χ2v) is 9.01. The van der Waals surface area contributed by atoms with Crippen LogP contribution in [0, 0.1) is 0 Å². The highest BCUT2D eigenvalue weighted by molar-refractivity contribution is 7.23. The van der Waals surface area contributed by atoms with E-state index in [0.29, 0.717) is 0 Å². The number of likely N-dealkylation sites (tertiary alicyclic amines) is 1. The van der Waals surface area contributed by atoms with Crippen molar-refractivity contribution < 1.29 is 9.47 Å². The molecule has 1 aromatic heterocycles. The van der Waals surface area contributed by atoms with E-state index in [1.807, 2.05) is 17.4 Å². The van der Waals surface area contributed by atoms with E-state index < -0.39 is 0 Å². The number of halogens is 1. The lowest BCUT2D eigenvalue weighted by Gasteiger charge is -2.15. The number of nitrogens with zero attached hydrogens (tertiary/aromatic N) is 1. The van der Waals surface area contributed by atoms with Crippen LogP contribution in [0.5, 0.6) is 11.5 Å². The molecule has 1 fully saturated rings. The van der Waals surface area contributed by atoms with Crippen molar-refractivity contribution in [1.82, 2.24) is 4.90 Å². The first-order valence-electron chi connectivity index (χ1n) is 10.9. The molecule has 1 saturated heterocycles. The molecule has 1 aliphatic rings. The van der Waals surface area contributed by atoms with Crippen LogP contribution < -0.4 is 9.47 Å². The molecule has 0 aliphatic carbocycles. The quantitative estimate of drug-likeness (QED) is 0.289. The Labute approximate surface area is 200 Å². The Morgan fingerprint density at radius 2 is 1.56 bits per heavy atom. The summed E-state index contributed by atoms with van der Waals surface area (Å²) in [6.45, 7) is 4.17. The van der Waals surface area contributed by atoms with Crippen LogP contribution in [0.25, 0.3) is 31.7 Å². The fourth-order valence-electron chi connectivity index (χ4n) is 4.30. The van der Waals surface area contributed by atoms with E-state index in [4.69, 9.17) is 9.47 Å². The fraction of sp³-hybridized carbons (Fsp3) is 0.259. The highest BCUT2D eigenvalue weighted by Gasteiger charge is 2.16. The molecule has 0 unspecified atom stereocenters. The molecule has 0 saturated carbocycles. The Kier molecular flexibility index (Phi) is 7.36. The first kappa shape index (κ1) is 22.7. The summed E-state index contributed by atoms with van der Waals surface area (Å²) in [6, 6.07) is 25.5. The maximum atomic E-state index is 6.02. The molecule has 0 atom stereocenters. The highest BCUT2D eigenvalue weighted by atomic mass is 35.5. The Morgan fingerprint density at radius 1 is 0.844 bits per heavy atom. The van der Waals surface area contributed by atoms with Crippen LogP contribution in [0.15, 0.2) is 72.8 Å². The van der Waals surface area contributed by atoms with Gasteiger partial charge in [-0.1, -0.05) is 42.5 Å². The smallest absolute Gasteiger partial charge is 0.120 e. The number of hydrogen-bond donors (Lipinski definition) is 0. The number of methoxy groups -OCH3 is 1. The van der Waals surface area contributed by atoms with Crippen LogP contribution in [0.3, 0.4) is 0 Å². The molecule has 4 aromatic rings. The fourth-order valence-corrected chi connectivity index (χ4v) is 5.56. The zero-order valence-corrected chi connectivity index (χ0v) is 19.9. The van der Waals surface area contributed by atoms with Crippen molar-refractivity contribution >= 4 is 33.8 Å². The summed E-state index contributed by atoms with van der Waals surface area (Å²) in [5.41, 5.74) is 3.73. The number of benzene rings is 3. The highest BCUT2D eigenvalue weighted by Crippen LogP contribution is 2.45. The van der Waals surface area contributed by atoms with Crippen LogP contribution >= 0.6 is 23.7 Å². The molecule has 5 rings (SSSR count). The molecule has 0 N–H and O–H groups in total. The third-order valence-corrected chi connectivity index (χ3v) is 7.15. The third-order valence-electron chi connectivity index (χ3n) is 5.95. The van der Waals surface area contributed by atoms with Crippen molar-refractivity contribution in [3.63, 3.8) is 0 Å². The van der Waals surface area contributed by atoms with E-state index in [1.54, 1.807) is 7.11 Å². The average molecular weight is 466 g/mol. The molecule has 3 nitrogen and oxygen atoms in total. The number of fused-ring (bicyclic) bond motifs is 1. The second-order valence-electron chi connectivity index (χ2n) is 7.96. The van der Waals surface area contributed by atoms with Crippen molar-refractivity contribution in [3.8, 4) is 33.1 Å². The zero-order valence-electron chi connectivity index (χ0n) is 18.3. The van der Waals surface area contributed by atoms with E-state index in [1.165, 1.54) is 57.6 Å². The van der Waals surface area contributed by atoms with Gasteiger partial charge in [0.1, 0.15) is 18.1 Å². The Hall–Kier alpha value is -2.53. The van der Waals surface area contributed by atoms with Crippen molar-refractivity contribution in [2.75, 3.05) is 33.4 Å². The zero-order chi connectivity index (χ0) is 21.0. The van der Waals surface area contributed by atoms with Crippen LogP contribution in [-0.4, -0.2) is 38.3 Å². The number of ether oxygens (including phenoxy) is 2. The Balaban J connectivity index is 0.00000245. The number of rotatable bonds is 7. The average Bonchev–Trinajstić information content (AvgIpc) is 3.47. The summed E-state index contributed by atoms with van der Waals surface area (Å²) in [4.78, 5) is 3.76. The van der Waals surface area contributed by atoms with Crippen molar-refractivity contribution in [2.24, 2.45) is 0 Å². The summed E-state index contributed by atoms with van der Waals surface area (Å²) >= 11 is 1.82. The van der Waals surface area contributed by atoms with E-state index in [9.17, 15) is 0 Å². The van der Waals surface area contributed by atoms with E-state index in [2.05, 4.69) is 71.6 Å². The largest absolute Gasteiger partial charge is 0.497 e. The molecule has 0 radical (unpaired) electrons. The molecule has 0 amide bonds. The molecule has 0 bridgehead atoms. The summed E-state index contributed by atoms with van der Waals surface area (Å²) in [6.07, 6.45) is 2.64. The molecule has 1 aliphatic heterocycles. The number of thiophene rings is 1. The van der Waals surface area contributed by atoms with Gasteiger partial charge in [-0.15, -0.1) is 23.7 Å². The van der Waals surface area contributed by atoms with Gasteiger partial charge in [0.15, 0.2) is 0 Å². The molecular formula is C27H28ClNO2S. The maximum Gasteiger partial charge on any atom is 0.120 e. The van der Waals surface area contributed by atoms with Gasteiger partial charge in [-0.25, -0.2) is 0 Å². The maximum absolute atomic E-state index is 6.02. The first-order valence-corrected chi connectivity index (χ1v) is 11.7. The van der Waals surface area contributed by atoms with Crippen molar-refractivity contribution in [2.45, 2.75) is 12.8 Å². The van der Waals surface area contributed by atoms with E-state index >= 15 is 0 Å². The third kappa shape index (κ3) is 4.78. The summed E-state index contributed by atoms with van der Waals surface area (Å²) in [5, 5.41) is 1.26. The Morgan fingerprint density at radius 3 is 2.28 bits per heavy atom. The van der Waals surface area contributed by atoms with Crippen LogP contribution in [0.2, 0.25) is 0 Å². The monoisotopic (exact) mass is 465 g/mol. The van der Waals surface area contributed by atoms with Gasteiger partial charge in [-0.05, 0) is 67.4 Å².